The Morgan fingerprint density at radius 3 is 2.88 bits per heavy atom. The topological polar surface area (TPSA) is 50.9 Å². The summed E-state index contributed by atoms with van der Waals surface area (Å²) < 4.78 is 0. The van der Waals surface area contributed by atoms with Crippen LogP contribution in [0.2, 0.25) is 0 Å². The van der Waals surface area contributed by atoms with Gasteiger partial charge in [0.1, 0.15) is 10.8 Å². The van der Waals surface area contributed by atoms with Gasteiger partial charge in [0.25, 0.3) is 0 Å². The minimum absolute atomic E-state index is 0.347. The first kappa shape index (κ1) is 11.3. The van der Waals surface area contributed by atoms with Crippen molar-refractivity contribution in [2.24, 2.45) is 11.1 Å². The van der Waals surface area contributed by atoms with Crippen LogP contribution in [0.25, 0.3) is 0 Å². The number of pyridine rings is 1. The van der Waals surface area contributed by atoms with E-state index in [4.69, 9.17) is 18.0 Å². The van der Waals surface area contributed by atoms with Gasteiger partial charge >= 0.3 is 0 Å². The molecule has 0 bridgehead atoms. The van der Waals surface area contributed by atoms with Gasteiger partial charge in [0.15, 0.2) is 0 Å². The number of anilines is 1. The molecule has 1 fully saturated rings. The zero-order chi connectivity index (χ0) is 11.6. The summed E-state index contributed by atoms with van der Waals surface area (Å²) in [6, 6.07) is 5.71. The summed E-state index contributed by atoms with van der Waals surface area (Å²) in [5.41, 5.74) is 6.74. The number of rotatable bonds is 5. The average molecular weight is 235 g/mol. The zero-order valence-corrected chi connectivity index (χ0v) is 10.3. The van der Waals surface area contributed by atoms with Crippen molar-refractivity contribution >= 4 is 23.0 Å². The molecule has 4 heteroatoms. The predicted molar refractivity (Wildman–Crippen MR) is 70.6 cm³/mol. The molecule has 0 aromatic carbocycles. The Hall–Kier alpha value is -1.16. The molecule has 2 rings (SSSR count). The number of hydrogen-bond donors (Lipinski definition) is 2. The van der Waals surface area contributed by atoms with Crippen molar-refractivity contribution in [2.45, 2.75) is 26.2 Å². The van der Waals surface area contributed by atoms with E-state index in [2.05, 4.69) is 17.2 Å². The summed E-state index contributed by atoms with van der Waals surface area (Å²) in [6.45, 7) is 3.24. The lowest BCUT2D eigenvalue weighted by Crippen LogP contribution is -2.17. The van der Waals surface area contributed by atoms with Gasteiger partial charge in [-0.15, -0.1) is 0 Å². The fourth-order valence-corrected chi connectivity index (χ4v) is 1.89. The second-order valence-electron chi connectivity index (χ2n) is 4.48. The lowest BCUT2D eigenvalue weighted by Gasteiger charge is -2.14. The number of nitrogens with one attached hydrogen (secondary N) is 1. The summed E-state index contributed by atoms with van der Waals surface area (Å²) in [5.74, 6) is 0.866. The van der Waals surface area contributed by atoms with Gasteiger partial charge in [0.2, 0.25) is 0 Å². The molecule has 1 heterocycles. The largest absolute Gasteiger partial charge is 0.388 e. The minimum Gasteiger partial charge on any atom is -0.388 e. The molecule has 0 atom stereocenters. The second kappa shape index (κ2) is 4.37. The maximum absolute atomic E-state index is 5.54. The Kier molecular flexibility index (Phi) is 3.10. The van der Waals surface area contributed by atoms with Gasteiger partial charge < -0.3 is 11.1 Å². The molecular formula is C12H17N3S. The molecule has 1 aromatic rings. The van der Waals surface area contributed by atoms with Crippen LogP contribution in [0.3, 0.4) is 0 Å². The van der Waals surface area contributed by atoms with Crippen LogP contribution in [-0.4, -0.2) is 16.5 Å². The van der Waals surface area contributed by atoms with Gasteiger partial charge in [-0.2, -0.15) is 0 Å². The van der Waals surface area contributed by atoms with E-state index in [9.17, 15) is 0 Å². The van der Waals surface area contributed by atoms with Crippen molar-refractivity contribution in [1.82, 2.24) is 4.98 Å². The average Bonchev–Trinajstić information content (AvgIpc) is 3.07. The molecule has 3 nitrogen and oxygen atoms in total. The number of nitrogens with zero attached hydrogens (tertiary/aromatic N) is 1. The van der Waals surface area contributed by atoms with Crippen LogP contribution in [0.1, 0.15) is 31.9 Å². The quantitative estimate of drug-likeness (QED) is 0.769. The first-order valence-electron chi connectivity index (χ1n) is 5.66. The molecule has 1 aliphatic rings. The molecule has 1 saturated carbocycles. The van der Waals surface area contributed by atoms with Gasteiger partial charge in [-0.05, 0) is 36.8 Å². The van der Waals surface area contributed by atoms with Crippen molar-refractivity contribution in [2.75, 3.05) is 11.9 Å². The van der Waals surface area contributed by atoms with Crippen LogP contribution < -0.4 is 11.1 Å². The number of nitrogens with two attached hydrogens (primary N) is 1. The van der Waals surface area contributed by atoms with Crippen molar-refractivity contribution in [1.29, 1.82) is 0 Å². The van der Waals surface area contributed by atoms with Crippen molar-refractivity contribution in [3.05, 3.63) is 23.9 Å². The van der Waals surface area contributed by atoms with Crippen LogP contribution >= 0.6 is 12.2 Å². The summed E-state index contributed by atoms with van der Waals surface area (Å²) >= 11 is 4.90. The molecule has 1 aromatic heterocycles. The van der Waals surface area contributed by atoms with Crippen LogP contribution in [0.4, 0.5) is 5.82 Å². The van der Waals surface area contributed by atoms with Crippen LogP contribution in [0, 0.1) is 5.41 Å². The fourth-order valence-electron chi connectivity index (χ4n) is 1.78. The highest BCUT2D eigenvalue weighted by molar-refractivity contribution is 7.80. The van der Waals surface area contributed by atoms with E-state index < -0.39 is 0 Å². The molecule has 0 aliphatic heterocycles. The Balaban J connectivity index is 1.99. The molecule has 1 aliphatic carbocycles. The molecule has 0 saturated heterocycles. The Labute approximate surface area is 101 Å². The number of hydrogen-bond acceptors (Lipinski definition) is 3. The number of thiocarbonyl (C=S) groups is 1. The van der Waals surface area contributed by atoms with Crippen LogP contribution in [-0.2, 0) is 0 Å². The van der Waals surface area contributed by atoms with Gasteiger partial charge in [0.05, 0.1) is 5.69 Å². The zero-order valence-electron chi connectivity index (χ0n) is 9.49. The number of aromatic nitrogens is 1. The highest BCUT2D eigenvalue weighted by atomic mass is 32.1. The fraction of sp³-hybridized carbons (Fsp3) is 0.500. The molecule has 3 N–H and O–H groups in total. The lowest BCUT2D eigenvalue weighted by molar-refractivity contribution is 0.521. The second-order valence-corrected chi connectivity index (χ2v) is 4.92. The van der Waals surface area contributed by atoms with E-state index in [1.165, 1.54) is 19.3 Å². The lowest BCUT2D eigenvalue weighted by atomic mass is 10.0. The van der Waals surface area contributed by atoms with Gasteiger partial charge in [-0.25, -0.2) is 4.98 Å². The van der Waals surface area contributed by atoms with Crippen molar-refractivity contribution < 1.29 is 0 Å². The standard InChI is InChI=1S/C12H17N3S/c1-2-12(6-7-12)8-14-10-5-3-4-9(15-10)11(13)16/h3-5H,2,6-8H2,1H3,(H2,13,16)(H,14,15). The molecule has 0 radical (unpaired) electrons. The smallest absolute Gasteiger partial charge is 0.126 e. The van der Waals surface area contributed by atoms with Crippen LogP contribution in [0.5, 0.6) is 0 Å². The molecule has 0 amide bonds. The summed E-state index contributed by atoms with van der Waals surface area (Å²) in [7, 11) is 0. The third kappa shape index (κ3) is 2.50. The molecule has 0 spiro atoms. The maximum Gasteiger partial charge on any atom is 0.126 e. The first-order chi connectivity index (χ1) is 7.65. The highest BCUT2D eigenvalue weighted by Crippen LogP contribution is 2.48. The SMILES string of the molecule is CCC1(CNc2cccc(C(N)=S)n2)CC1. The minimum atomic E-state index is 0.347. The van der Waals surface area contributed by atoms with E-state index >= 15 is 0 Å². The third-order valence-corrected chi connectivity index (χ3v) is 3.56. The predicted octanol–water partition coefficient (Wildman–Crippen LogP) is 2.32. The molecular weight excluding hydrogens is 218 g/mol. The van der Waals surface area contributed by atoms with E-state index in [0.717, 1.165) is 12.4 Å². The van der Waals surface area contributed by atoms with Crippen molar-refractivity contribution in [3.63, 3.8) is 0 Å². The Bertz CT molecular complexity index is 399. The van der Waals surface area contributed by atoms with Crippen LogP contribution in [0.15, 0.2) is 18.2 Å². The highest BCUT2D eigenvalue weighted by Gasteiger charge is 2.40. The maximum atomic E-state index is 5.54. The van der Waals surface area contributed by atoms with Gasteiger partial charge in [-0.3, -0.25) is 0 Å². The molecule has 16 heavy (non-hydrogen) atoms. The summed E-state index contributed by atoms with van der Waals surface area (Å²) in [6.07, 6.45) is 3.88. The first-order valence-corrected chi connectivity index (χ1v) is 6.07. The molecule has 0 unspecified atom stereocenters. The third-order valence-electron chi connectivity index (χ3n) is 3.35. The van der Waals surface area contributed by atoms with Crippen molar-refractivity contribution in [3.8, 4) is 0 Å². The summed E-state index contributed by atoms with van der Waals surface area (Å²) in [5, 5.41) is 3.37. The Morgan fingerprint density at radius 1 is 1.56 bits per heavy atom. The Morgan fingerprint density at radius 2 is 2.31 bits per heavy atom. The summed E-state index contributed by atoms with van der Waals surface area (Å²) in [4.78, 5) is 4.71. The van der Waals surface area contributed by atoms with E-state index in [1.807, 2.05) is 18.2 Å². The normalized spacial score (nSPS) is 16.8. The monoisotopic (exact) mass is 235 g/mol. The van der Waals surface area contributed by atoms with E-state index in [-0.39, 0.29) is 0 Å². The van der Waals surface area contributed by atoms with E-state index in [0.29, 0.717) is 16.1 Å². The van der Waals surface area contributed by atoms with E-state index in [1.54, 1.807) is 0 Å². The van der Waals surface area contributed by atoms with Gasteiger partial charge in [-0.1, -0.05) is 25.2 Å². The molecule has 86 valence electrons. The van der Waals surface area contributed by atoms with Gasteiger partial charge in [0, 0.05) is 6.54 Å².